The second-order valence-corrected chi connectivity index (χ2v) is 6.68. The molecule has 0 saturated heterocycles. The predicted molar refractivity (Wildman–Crippen MR) is 113 cm³/mol. The Morgan fingerprint density at radius 2 is 1.82 bits per heavy atom. The average molecular weight is 377 g/mol. The molecule has 3 aromatic rings. The number of para-hydroxylation sites is 1. The Morgan fingerprint density at radius 3 is 2.50 bits per heavy atom. The van der Waals surface area contributed by atoms with Crippen molar-refractivity contribution in [3.63, 3.8) is 0 Å². The summed E-state index contributed by atoms with van der Waals surface area (Å²) in [4.78, 5) is 4.64. The van der Waals surface area contributed by atoms with Crippen molar-refractivity contribution in [2.24, 2.45) is 4.99 Å². The summed E-state index contributed by atoms with van der Waals surface area (Å²) in [6.45, 7) is 8.06. The molecule has 0 aliphatic carbocycles. The van der Waals surface area contributed by atoms with Crippen LogP contribution in [-0.2, 0) is 13.1 Å². The van der Waals surface area contributed by atoms with Gasteiger partial charge in [-0.15, -0.1) is 0 Å². The molecule has 6 nitrogen and oxygen atoms in total. The van der Waals surface area contributed by atoms with Crippen LogP contribution in [0, 0.1) is 13.8 Å². The van der Waals surface area contributed by atoms with Crippen LogP contribution in [0.25, 0.3) is 5.69 Å². The van der Waals surface area contributed by atoms with Crippen LogP contribution in [0.1, 0.15) is 29.4 Å². The van der Waals surface area contributed by atoms with Gasteiger partial charge in [0, 0.05) is 18.8 Å². The Kier molecular flexibility index (Phi) is 6.32. The summed E-state index contributed by atoms with van der Waals surface area (Å²) in [7, 11) is 0. The van der Waals surface area contributed by atoms with Gasteiger partial charge in [0.25, 0.3) is 0 Å². The molecule has 0 fully saturated rings. The molecular formula is C22H27N5O. The third-order valence-corrected chi connectivity index (χ3v) is 4.38. The standard InChI is InChI=1S/C22H27N5O/c1-4-23-22(24-14-18-9-11-20(28)12-10-18)25-15-19-7-5-6-8-21(19)27-17(3)13-16(2)26-27/h5-13,28H,4,14-15H2,1-3H3,(H2,23,24,25). The Bertz CT molecular complexity index is 944. The minimum Gasteiger partial charge on any atom is -0.508 e. The van der Waals surface area contributed by atoms with E-state index in [1.54, 1.807) is 12.1 Å². The minimum atomic E-state index is 0.263. The van der Waals surface area contributed by atoms with Crippen LogP contribution < -0.4 is 10.6 Å². The largest absolute Gasteiger partial charge is 0.508 e. The molecule has 28 heavy (non-hydrogen) atoms. The molecule has 1 aromatic heterocycles. The molecule has 0 bridgehead atoms. The first kappa shape index (κ1) is 19.5. The van der Waals surface area contributed by atoms with E-state index in [-0.39, 0.29) is 5.75 Å². The Morgan fingerprint density at radius 1 is 1.07 bits per heavy atom. The van der Waals surface area contributed by atoms with Gasteiger partial charge in [0.2, 0.25) is 0 Å². The van der Waals surface area contributed by atoms with E-state index in [1.165, 1.54) is 0 Å². The number of nitrogens with zero attached hydrogens (tertiary/aromatic N) is 3. The molecule has 0 saturated carbocycles. The number of aliphatic imine (C=N–C) groups is 1. The number of phenolic OH excluding ortho intramolecular Hbond substituents is 1. The van der Waals surface area contributed by atoms with Gasteiger partial charge in [-0.3, -0.25) is 0 Å². The summed E-state index contributed by atoms with van der Waals surface area (Å²) in [6, 6.07) is 17.4. The van der Waals surface area contributed by atoms with Crippen LogP contribution in [0.5, 0.6) is 5.75 Å². The SMILES string of the molecule is CCNC(=NCc1ccc(O)cc1)NCc1ccccc1-n1nc(C)cc1C. The van der Waals surface area contributed by atoms with Gasteiger partial charge < -0.3 is 15.7 Å². The second-order valence-electron chi connectivity index (χ2n) is 6.68. The van der Waals surface area contributed by atoms with E-state index >= 15 is 0 Å². The molecule has 6 heteroatoms. The van der Waals surface area contributed by atoms with E-state index < -0.39 is 0 Å². The van der Waals surface area contributed by atoms with Crippen LogP contribution in [-0.4, -0.2) is 27.4 Å². The number of guanidine groups is 1. The van der Waals surface area contributed by atoms with Crippen molar-refractivity contribution in [2.75, 3.05) is 6.54 Å². The van der Waals surface area contributed by atoms with Crippen LogP contribution in [0.2, 0.25) is 0 Å². The molecule has 0 spiro atoms. The maximum absolute atomic E-state index is 9.40. The molecule has 1 heterocycles. The highest BCUT2D eigenvalue weighted by atomic mass is 16.3. The molecule has 0 radical (unpaired) electrons. The zero-order valence-electron chi connectivity index (χ0n) is 16.6. The number of aryl methyl sites for hydroxylation is 2. The number of aromatic hydroxyl groups is 1. The third kappa shape index (κ3) is 4.91. The highest BCUT2D eigenvalue weighted by Crippen LogP contribution is 2.17. The van der Waals surface area contributed by atoms with E-state index in [4.69, 9.17) is 0 Å². The maximum Gasteiger partial charge on any atom is 0.191 e. The fraction of sp³-hybridized carbons (Fsp3) is 0.273. The van der Waals surface area contributed by atoms with Gasteiger partial charge in [0.1, 0.15) is 5.75 Å². The number of aromatic nitrogens is 2. The van der Waals surface area contributed by atoms with E-state index in [2.05, 4.69) is 45.8 Å². The summed E-state index contributed by atoms with van der Waals surface area (Å²) in [5.74, 6) is 1.01. The molecule has 0 unspecified atom stereocenters. The summed E-state index contributed by atoms with van der Waals surface area (Å²) in [6.07, 6.45) is 0. The normalized spacial score (nSPS) is 11.5. The first-order valence-corrected chi connectivity index (χ1v) is 9.48. The van der Waals surface area contributed by atoms with Crippen LogP contribution >= 0.6 is 0 Å². The summed E-state index contributed by atoms with van der Waals surface area (Å²) in [5, 5.41) is 20.7. The quantitative estimate of drug-likeness (QED) is 0.454. The number of hydrogen-bond donors (Lipinski definition) is 3. The summed E-state index contributed by atoms with van der Waals surface area (Å²) >= 11 is 0. The van der Waals surface area contributed by atoms with Crippen LogP contribution in [0.3, 0.4) is 0 Å². The molecule has 0 aliphatic heterocycles. The van der Waals surface area contributed by atoms with Crippen LogP contribution in [0.4, 0.5) is 0 Å². The molecular weight excluding hydrogens is 350 g/mol. The molecule has 0 amide bonds. The smallest absolute Gasteiger partial charge is 0.191 e. The van der Waals surface area contributed by atoms with Gasteiger partial charge in [-0.25, -0.2) is 9.67 Å². The van der Waals surface area contributed by atoms with Crippen molar-refractivity contribution < 1.29 is 5.11 Å². The van der Waals surface area contributed by atoms with E-state index in [0.717, 1.165) is 40.7 Å². The van der Waals surface area contributed by atoms with Crippen molar-refractivity contribution in [3.05, 3.63) is 77.1 Å². The van der Waals surface area contributed by atoms with Crippen molar-refractivity contribution in [1.82, 2.24) is 20.4 Å². The van der Waals surface area contributed by atoms with Gasteiger partial charge in [0.15, 0.2) is 5.96 Å². The first-order chi connectivity index (χ1) is 13.6. The number of benzene rings is 2. The number of phenols is 1. The van der Waals surface area contributed by atoms with Gasteiger partial charge in [-0.1, -0.05) is 30.3 Å². The number of nitrogens with one attached hydrogen (secondary N) is 2. The number of rotatable bonds is 6. The van der Waals surface area contributed by atoms with Crippen molar-refractivity contribution in [1.29, 1.82) is 0 Å². The molecule has 0 atom stereocenters. The lowest BCUT2D eigenvalue weighted by atomic mass is 10.1. The fourth-order valence-electron chi connectivity index (χ4n) is 3.03. The molecule has 0 aliphatic rings. The van der Waals surface area contributed by atoms with Gasteiger partial charge in [-0.2, -0.15) is 5.10 Å². The molecule has 3 N–H and O–H groups in total. The average Bonchev–Trinajstić information content (AvgIpc) is 3.03. The van der Waals surface area contributed by atoms with Crippen LogP contribution in [0.15, 0.2) is 59.6 Å². The lowest BCUT2D eigenvalue weighted by Gasteiger charge is -2.15. The van der Waals surface area contributed by atoms with Crippen molar-refractivity contribution >= 4 is 5.96 Å². The van der Waals surface area contributed by atoms with Gasteiger partial charge >= 0.3 is 0 Å². The monoisotopic (exact) mass is 377 g/mol. The summed E-state index contributed by atoms with van der Waals surface area (Å²) < 4.78 is 1.98. The lowest BCUT2D eigenvalue weighted by molar-refractivity contribution is 0.475. The predicted octanol–water partition coefficient (Wildman–Crippen LogP) is 3.45. The fourth-order valence-corrected chi connectivity index (χ4v) is 3.03. The summed E-state index contributed by atoms with van der Waals surface area (Å²) in [5.41, 5.74) is 5.36. The zero-order valence-corrected chi connectivity index (χ0v) is 16.6. The Balaban J connectivity index is 1.74. The van der Waals surface area contributed by atoms with Crippen molar-refractivity contribution in [2.45, 2.75) is 33.9 Å². The Hall–Kier alpha value is -3.28. The lowest BCUT2D eigenvalue weighted by Crippen LogP contribution is -2.37. The maximum atomic E-state index is 9.40. The molecule has 3 rings (SSSR count). The van der Waals surface area contributed by atoms with E-state index in [0.29, 0.717) is 13.1 Å². The van der Waals surface area contributed by atoms with Crippen molar-refractivity contribution in [3.8, 4) is 11.4 Å². The molecule has 146 valence electrons. The number of hydrogen-bond acceptors (Lipinski definition) is 3. The molecule has 2 aromatic carbocycles. The highest BCUT2D eigenvalue weighted by molar-refractivity contribution is 5.79. The van der Waals surface area contributed by atoms with Gasteiger partial charge in [-0.05, 0) is 56.2 Å². The topological polar surface area (TPSA) is 74.5 Å². The van der Waals surface area contributed by atoms with E-state index in [1.807, 2.05) is 42.8 Å². The van der Waals surface area contributed by atoms with E-state index in [9.17, 15) is 5.11 Å². The Labute approximate surface area is 165 Å². The highest BCUT2D eigenvalue weighted by Gasteiger charge is 2.09. The first-order valence-electron chi connectivity index (χ1n) is 9.48. The second kappa shape index (κ2) is 9.08. The zero-order chi connectivity index (χ0) is 19.9. The third-order valence-electron chi connectivity index (χ3n) is 4.38. The minimum absolute atomic E-state index is 0.263. The van der Waals surface area contributed by atoms with Gasteiger partial charge in [0.05, 0.1) is 17.9 Å².